The molecule has 0 radical (unpaired) electrons. The van der Waals surface area contributed by atoms with Gasteiger partial charge in [0.2, 0.25) is 5.91 Å². The Balaban J connectivity index is 1.42. The van der Waals surface area contributed by atoms with E-state index >= 15 is 0 Å². The summed E-state index contributed by atoms with van der Waals surface area (Å²) in [4.78, 5) is 19.4. The predicted octanol–water partition coefficient (Wildman–Crippen LogP) is 3.70. The highest BCUT2D eigenvalue weighted by Crippen LogP contribution is 2.35. The minimum Gasteiger partial charge on any atom is -0.497 e. The highest BCUT2D eigenvalue weighted by atomic mass is 32.1. The lowest BCUT2D eigenvalue weighted by molar-refractivity contribution is -0.120. The third-order valence-electron chi connectivity index (χ3n) is 4.72. The van der Waals surface area contributed by atoms with Crippen LogP contribution < -0.4 is 19.7 Å². The number of aromatic nitrogens is 1. The van der Waals surface area contributed by atoms with E-state index in [-0.39, 0.29) is 11.8 Å². The number of benzene rings is 2. The second-order valence-electron chi connectivity index (χ2n) is 6.62. The van der Waals surface area contributed by atoms with Crippen molar-refractivity contribution >= 4 is 38.3 Å². The molecule has 7 heteroatoms. The number of hydrogen-bond donors (Lipinski definition) is 1. The van der Waals surface area contributed by atoms with Crippen LogP contribution in [0.3, 0.4) is 0 Å². The Labute approximate surface area is 161 Å². The van der Waals surface area contributed by atoms with Crippen LogP contribution in [0.1, 0.15) is 5.56 Å². The van der Waals surface area contributed by atoms with Crippen LogP contribution in [0, 0.1) is 12.8 Å². The van der Waals surface area contributed by atoms with Gasteiger partial charge < -0.3 is 19.7 Å². The summed E-state index contributed by atoms with van der Waals surface area (Å²) in [7, 11) is 3.25. The van der Waals surface area contributed by atoms with Crippen LogP contribution in [-0.4, -0.2) is 38.2 Å². The van der Waals surface area contributed by atoms with Crippen molar-refractivity contribution in [3.8, 4) is 11.5 Å². The molecule has 27 heavy (non-hydrogen) atoms. The Morgan fingerprint density at radius 3 is 2.74 bits per heavy atom. The Morgan fingerprint density at radius 2 is 2.00 bits per heavy atom. The number of amides is 1. The van der Waals surface area contributed by atoms with Gasteiger partial charge >= 0.3 is 0 Å². The van der Waals surface area contributed by atoms with Crippen LogP contribution in [0.4, 0.5) is 10.8 Å². The third-order valence-corrected chi connectivity index (χ3v) is 5.82. The van der Waals surface area contributed by atoms with Crippen molar-refractivity contribution in [1.29, 1.82) is 0 Å². The number of carbonyl (C=O) groups excluding carboxylic acids is 1. The lowest BCUT2D eigenvalue weighted by atomic mass is 10.00. The first kappa shape index (κ1) is 17.6. The molecule has 4 rings (SSSR count). The first-order valence-electron chi connectivity index (χ1n) is 8.72. The Bertz CT molecular complexity index is 995. The zero-order chi connectivity index (χ0) is 19.0. The van der Waals surface area contributed by atoms with E-state index in [1.165, 1.54) is 0 Å². The molecule has 1 N–H and O–H groups in total. The molecule has 1 amide bonds. The predicted molar refractivity (Wildman–Crippen MR) is 108 cm³/mol. The molecule has 1 aliphatic heterocycles. The molecule has 2 heterocycles. The van der Waals surface area contributed by atoms with E-state index in [1.54, 1.807) is 25.6 Å². The average Bonchev–Trinajstić information content (AvgIpc) is 3.03. The summed E-state index contributed by atoms with van der Waals surface area (Å²) in [5.41, 5.74) is 2.71. The van der Waals surface area contributed by atoms with Gasteiger partial charge in [-0.25, -0.2) is 4.98 Å². The summed E-state index contributed by atoms with van der Waals surface area (Å²) in [5, 5.41) is 3.93. The zero-order valence-corrected chi connectivity index (χ0v) is 16.3. The number of methoxy groups -OCH3 is 2. The number of anilines is 2. The molecular formula is C20H21N3O3S. The second kappa shape index (κ2) is 7.08. The normalized spacial score (nSPS) is 14.1. The number of carbonyl (C=O) groups is 1. The van der Waals surface area contributed by atoms with Crippen LogP contribution >= 0.6 is 11.3 Å². The quantitative estimate of drug-likeness (QED) is 0.728. The smallest absolute Gasteiger partial charge is 0.231 e. The van der Waals surface area contributed by atoms with E-state index in [2.05, 4.69) is 15.2 Å². The van der Waals surface area contributed by atoms with E-state index in [0.717, 1.165) is 26.7 Å². The van der Waals surface area contributed by atoms with E-state index in [0.29, 0.717) is 24.5 Å². The maximum atomic E-state index is 12.6. The summed E-state index contributed by atoms with van der Waals surface area (Å²) < 4.78 is 11.7. The van der Waals surface area contributed by atoms with Crippen LogP contribution in [0.25, 0.3) is 10.2 Å². The van der Waals surface area contributed by atoms with Gasteiger partial charge in [-0.2, -0.15) is 0 Å². The first-order valence-corrected chi connectivity index (χ1v) is 9.54. The van der Waals surface area contributed by atoms with Gasteiger partial charge in [0.25, 0.3) is 0 Å². The van der Waals surface area contributed by atoms with E-state index < -0.39 is 0 Å². The van der Waals surface area contributed by atoms with Gasteiger partial charge in [0.05, 0.1) is 36.0 Å². The Morgan fingerprint density at radius 1 is 1.19 bits per heavy atom. The number of nitrogens with one attached hydrogen (secondary N) is 1. The van der Waals surface area contributed by atoms with E-state index in [4.69, 9.17) is 9.47 Å². The van der Waals surface area contributed by atoms with Crippen molar-refractivity contribution in [1.82, 2.24) is 4.98 Å². The number of rotatable bonds is 5. The van der Waals surface area contributed by atoms with Crippen LogP contribution in [0.5, 0.6) is 11.5 Å². The largest absolute Gasteiger partial charge is 0.497 e. The van der Waals surface area contributed by atoms with Gasteiger partial charge in [-0.05, 0) is 36.8 Å². The molecule has 2 aromatic carbocycles. The minimum atomic E-state index is -0.0585. The van der Waals surface area contributed by atoms with Gasteiger partial charge in [0.1, 0.15) is 11.5 Å². The van der Waals surface area contributed by atoms with Crippen molar-refractivity contribution in [2.24, 2.45) is 5.92 Å². The lowest BCUT2D eigenvalue weighted by Crippen LogP contribution is -2.52. The molecule has 0 aliphatic carbocycles. The number of hydrogen-bond acceptors (Lipinski definition) is 6. The molecule has 0 atom stereocenters. The molecule has 0 saturated carbocycles. The van der Waals surface area contributed by atoms with Gasteiger partial charge in [0, 0.05) is 19.2 Å². The highest BCUT2D eigenvalue weighted by molar-refractivity contribution is 7.22. The minimum absolute atomic E-state index is 0.0120. The lowest BCUT2D eigenvalue weighted by Gasteiger charge is -2.38. The maximum Gasteiger partial charge on any atom is 0.231 e. The number of ether oxygens (including phenoxy) is 2. The molecule has 1 fully saturated rings. The summed E-state index contributed by atoms with van der Waals surface area (Å²) in [6.07, 6.45) is 0. The van der Waals surface area contributed by atoms with Crippen molar-refractivity contribution < 1.29 is 14.3 Å². The standard InChI is InChI=1S/C20H21N3O3S/c1-12-4-6-17(26-3)15(8-12)21-19(24)13-10-23(11-13)20-22-16-9-14(25-2)5-7-18(16)27-20/h4-9,13H,10-11H2,1-3H3,(H,21,24). The molecule has 140 valence electrons. The van der Waals surface area contributed by atoms with Crippen LogP contribution in [-0.2, 0) is 4.79 Å². The first-order chi connectivity index (χ1) is 13.1. The summed E-state index contributed by atoms with van der Waals surface area (Å²) >= 11 is 1.63. The summed E-state index contributed by atoms with van der Waals surface area (Å²) in [6.45, 7) is 3.32. The molecule has 6 nitrogen and oxygen atoms in total. The SMILES string of the molecule is COc1ccc2sc(N3CC(C(=O)Nc4cc(C)ccc4OC)C3)nc2c1. The average molecular weight is 383 g/mol. The third kappa shape index (κ3) is 3.42. The Hall–Kier alpha value is -2.80. The van der Waals surface area contributed by atoms with Crippen LogP contribution in [0.2, 0.25) is 0 Å². The fourth-order valence-electron chi connectivity index (χ4n) is 3.11. The monoisotopic (exact) mass is 383 g/mol. The van der Waals surface area contributed by atoms with Gasteiger partial charge in [-0.3, -0.25) is 4.79 Å². The van der Waals surface area contributed by atoms with E-state index in [1.807, 2.05) is 43.3 Å². The molecular weight excluding hydrogens is 362 g/mol. The molecule has 0 bridgehead atoms. The second-order valence-corrected chi connectivity index (χ2v) is 7.63. The Kier molecular flexibility index (Phi) is 4.61. The van der Waals surface area contributed by atoms with Crippen molar-refractivity contribution in [3.63, 3.8) is 0 Å². The van der Waals surface area contributed by atoms with Gasteiger partial charge in [-0.1, -0.05) is 17.4 Å². The van der Waals surface area contributed by atoms with Gasteiger partial charge in [-0.15, -0.1) is 0 Å². The molecule has 1 saturated heterocycles. The summed E-state index contributed by atoms with van der Waals surface area (Å²) in [6, 6.07) is 11.6. The molecule has 0 spiro atoms. The van der Waals surface area contributed by atoms with Crippen molar-refractivity contribution in [2.75, 3.05) is 37.5 Å². The maximum absolute atomic E-state index is 12.6. The summed E-state index contributed by atoms with van der Waals surface area (Å²) in [5.74, 6) is 1.42. The fourth-order valence-corrected chi connectivity index (χ4v) is 4.08. The number of fused-ring (bicyclic) bond motifs is 1. The van der Waals surface area contributed by atoms with Crippen molar-refractivity contribution in [2.45, 2.75) is 6.92 Å². The topological polar surface area (TPSA) is 63.7 Å². The van der Waals surface area contributed by atoms with Gasteiger partial charge in [0.15, 0.2) is 5.13 Å². The molecule has 3 aromatic rings. The number of aryl methyl sites for hydroxylation is 1. The fraction of sp³-hybridized carbons (Fsp3) is 0.300. The van der Waals surface area contributed by atoms with Crippen molar-refractivity contribution in [3.05, 3.63) is 42.0 Å². The molecule has 1 aliphatic rings. The van der Waals surface area contributed by atoms with Crippen LogP contribution in [0.15, 0.2) is 36.4 Å². The van der Waals surface area contributed by atoms with E-state index in [9.17, 15) is 4.79 Å². The highest BCUT2D eigenvalue weighted by Gasteiger charge is 2.34. The zero-order valence-electron chi connectivity index (χ0n) is 15.5. The number of nitrogens with zero attached hydrogens (tertiary/aromatic N) is 2. The molecule has 1 aromatic heterocycles. The number of thiazole rings is 1. The molecule has 0 unspecified atom stereocenters.